The van der Waals surface area contributed by atoms with Crippen LogP contribution in [0.25, 0.3) is 0 Å². The first-order valence-electron chi connectivity index (χ1n) is 11.3. The zero-order chi connectivity index (χ0) is 27.3. The Morgan fingerprint density at radius 1 is 1.25 bits per heavy atom. The summed E-state index contributed by atoms with van der Waals surface area (Å²) in [5.41, 5.74) is 1.39. The number of pyridine rings is 1. The molecule has 2 atom stereocenters. The van der Waals surface area contributed by atoms with Crippen molar-refractivity contribution < 1.29 is 35.9 Å². The minimum absolute atomic E-state index is 0.0420. The molecule has 0 bridgehead atoms. The zero-order valence-corrected chi connectivity index (χ0v) is 21.1. The number of hydrogen-bond donors (Lipinski definition) is 3. The van der Waals surface area contributed by atoms with Crippen LogP contribution in [-0.4, -0.2) is 47.5 Å². The molecule has 2 aromatic rings. The summed E-state index contributed by atoms with van der Waals surface area (Å²) < 4.78 is 81.3. The third kappa shape index (κ3) is 5.34. The van der Waals surface area contributed by atoms with Crippen molar-refractivity contribution in [1.82, 2.24) is 4.98 Å². The lowest BCUT2D eigenvalue weighted by atomic mass is 9.71. The van der Waals surface area contributed by atoms with Crippen molar-refractivity contribution in [2.24, 2.45) is 5.73 Å². The fourth-order valence-corrected chi connectivity index (χ4v) is 5.65. The van der Waals surface area contributed by atoms with E-state index < -0.39 is 62.9 Å². The maximum absolute atomic E-state index is 14.2. The molecule has 1 amide bonds. The Balaban J connectivity index is 1.90. The normalized spacial score (nSPS) is 18.0. The van der Waals surface area contributed by atoms with Gasteiger partial charge in [-0.15, -0.1) is 0 Å². The summed E-state index contributed by atoms with van der Waals surface area (Å²) in [6, 6.07) is 3.53. The first-order chi connectivity index (χ1) is 16.4. The number of rotatable bonds is 8. The van der Waals surface area contributed by atoms with Gasteiger partial charge in [-0.2, -0.15) is 13.2 Å². The third-order valence-corrected chi connectivity index (χ3v) is 8.57. The minimum Gasteiger partial charge on any atom is -0.380 e. The highest BCUT2D eigenvalue weighted by molar-refractivity contribution is 7.91. The molecular formula is C24H29F4N3O4S. The summed E-state index contributed by atoms with van der Waals surface area (Å²) in [6.07, 6.45) is -5.33. The van der Waals surface area contributed by atoms with Gasteiger partial charge in [0.2, 0.25) is 5.91 Å². The molecule has 2 heterocycles. The number of carbonyl (C=O) groups excluding carboxylic acids is 1. The number of sulfone groups is 1. The quantitative estimate of drug-likeness (QED) is 0.445. The average Bonchev–Trinajstić information content (AvgIpc) is 3.13. The molecule has 2 unspecified atom stereocenters. The van der Waals surface area contributed by atoms with Crippen LogP contribution in [0.5, 0.6) is 0 Å². The topological polar surface area (TPSA) is 122 Å². The Labute approximate surface area is 207 Å². The van der Waals surface area contributed by atoms with Crippen molar-refractivity contribution in [3.8, 4) is 0 Å². The lowest BCUT2D eigenvalue weighted by Crippen LogP contribution is -2.52. The molecular weight excluding hydrogens is 502 g/mol. The fourth-order valence-electron chi connectivity index (χ4n) is 4.66. The van der Waals surface area contributed by atoms with E-state index in [-0.39, 0.29) is 22.6 Å². The van der Waals surface area contributed by atoms with E-state index in [9.17, 15) is 35.9 Å². The molecule has 0 spiro atoms. The summed E-state index contributed by atoms with van der Waals surface area (Å²) in [5, 5.41) is 13.0. The van der Waals surface area contributed by atoms with Crippen LogP contribution in [0.1, 0.15) is 62.0 Å². The minimum atomic E-state index is -5.04. The first kappa shape index (κ1) is 27.9. The van der Waals surface area contributed by atoms with Gasteiger partial charge in [0.15, 0.2) is 20.5 Å². The highest BCUT2D eigenvalue weighted by Crippen LogP contribution is 2.45. The van der Waals surface area contributed by atoms with Crippen LogP contribution < -0.4 is 11.1 Å². The zero-order valence-electron chi connectivity index (χ0n) is 20.3. The Morgan fingerprint density at radius 2 is 1.89 bits per heavy atom. The summed E-state index contributed by atoms with van der Waals surface area (Å²) in [6.45, 7) is 5.82. The Bertz CT molecular complexity index is 1280. The molecule has 0 radical (unpaired) electrons. The molecule has 12 heteroatoms. The van der Waals surface area contributed by atoms with Crippen molar-refractivity contribution in [2.75, 3.05) is 5.32 Å². The van der Waals surface area contributed by atoms with Crippen molar-refractivity contribution in [2.45, 2.75) is 80.5 Å². The van der Waals surface area contributed by atoms with E-state index in [0.29, 0.717) is 11.3 Å². The number of alkyl halides is 3. The van der Waals surface area contributed by atoms with Crippen molar-refractivity contribution in [3.63, 3.8) is 0 Å². The largest absolute Gasteiger partial charge is 0.417 e. The van der Waals surface area contributed by atoms with Crippen molar-refractivity contribution in [3.05, 3.63) is 53.0 Å². The number of amides is 1. The van der Waals surface area contributed by atoms with Gasteiger partial charge in [-0.25, -0.2) is 17.8 Å². The number of aromatic nitrogens is 1. The maximum atomic E-state index is 14.2. The molecule has 36 heavy (non-hydrogen) atoms. The SMILES string of the molecule is CC(C)S(=O)(=O)c1cc2c(cn1)NC(CC(O)(CC(C)(C)c1ccc(F)cc1C(N)=O)C(F)(F)F)C2. The molecule has 198 valence electrons. The second-order valence-electron chi connectivity index (χ2n) is 10.2. The third-order valence-electron chi connectivity index (χ3n) is 6.52. The number of fused-ring (bicyclic) bond motifs is 1. The van der Waals surface area contributed by atoms with E-state index in [1.807, 2.05) is 0 Å². The van der Waals surface area contributed by atoms with E-state index >= 15 is 0 Å². The molecule has 1 aliphatic heterocycles. The van der Waals surface area contributed by atoms with Crippen LogP contribution in [0.4, 0.5) is 23.2 Å². The van der Waals surface area contributed by atoms with Crippen LogP contribution in [0, 0.1) is 5.82 Å². The molecule has 1 aliphatic rings. The van der Waals surface area contributed by atoms with Crippen molar-refractivity contribution >= 4 is 21.4 Å². The summed E-state index contributed by atoms with van der Waals surface area (Å²) in [5.74, 6) is -1.77. The predicted molar refractivity (Wildman–Crippen MR) is 126 cm³/mol. The van der Waals surface area contributed by atoms with Gasteiger partial charge in [0.05, 0.1) is 17.1 Å². The Morgan fingerprint density at radius 3 is 2.44 bits per heavy atom. The van der Waals surface area contributed by atoms with Crippen LogP contribution in [0.3, 0.4) is 0 Å². The fraction of sp³-hybridized carbons (Fsp3) is 0.500. The van der Waals surface area contributed by atoms with E-state index in [2.05, 4.69) is 10.3 Å². The van der Waals surface area contributed by atoms with Crippen molar-refractivity contribution in [1.29, 1.82) is 0 Å². The number of aliphatic hydroxyl groups is 1. The van der Waals surface area contributed by atoms with Gasteiger partial charge in [-0.3, -0.25) is 4.79 Å². The summed E-state index contributed by atoms with van der Waals surface area (Å²) in [7, 11) is -3.68. The number of hydrogen-bond acceptors (Lipinski definition) is 6. The molecule has 0 saturated heterocycles. The van der Waals surface area contributed by atoms with Crippen LogP contribution in [-0.2, 0) is 21.7 Å². The first-order valence-corrected chi connectivity index (χ1v) is 12.8. The lowest BCUT2D eigenvalue weighted by Gasteiger charge is -2.39. The average molecular weight is 532 g/mol. The number of nitrogens with zero attached hydrogens (tertiary/aromatic N) is 1. The standard InChI is InChI=1S/C24H29F4N3O4S/c1-13(2)36(34,35)20-8-14-7-16(31-19(14)11-30-20)10-23(33,24(26,27)28)12-22(3,4)18-6-5-15(25)9-17(18)21(29)32/h5-6,8-9,11,13,16,31,33H,7,10,12H2,1-4H3,(H2,29,32). The highest BCUT2D eigenvalue weighted by Gasteiger charge is 2.57. The monoisotopic (exact) mass is 531 g/mol. The van der Waals surface area contributed by atoms with E-state index in [4.69, 9.17) is 5.73 Å². The van der Waals surface area contributed by atoms with E-state index in [1.165, 1.54) is 46.0 Å². The molecule has 0 aliphatic carbocycles. The van der Waals surface area contributed by atoms with Crippen LogP contribution >= 0.6 is 0 Å². The molecule has 4 N–H and O–H groups in total. The number of anilines is 1. The van der Waals surface area contributed by atoms with Gasteiger partial charge in [0.25, 0.3) is 0 Å². The van der Waals surface area contributed by atoms with Gasteiger partial charge in [0, 0.05) is 18.0 Å². The second-order valence-corrected chi connectivity index (χ2v) is 12.6. The smallest absolute Gasteiger partial charge is 0.380 e. The van der Waals surface area contributed by atoms with Crippen LogP contribution in [0.15, 0.2) is 35.5 Å². The highest BCUT2D eigenvalue weighted by atomic mass is 32.2. The molecule has 7 nitrogen and oxygen atoms in total. The lowest BCUT2D eigenvalue weighted by molar-refractivity contribution is -0.270. The Kier molecular flexibility index (Phi) is 7.19. The van der Waals surface area contributed by atoms with Crippen LogP contribution in [0.2, 0.25) is 0 Å². The number of benzene rings is 1. The summed E-state index contributed by atoms with van der Waals surface area (Å²) >= 11 is 0. The van der Waals surface area contributed by atoms with Gasteiger partial charge < -0.3 is 16.2 Å². The number of nitrogens with two attached hydrogens (primary N) is 1. The van der Waals surface area contributed by atoms with E-state index in [1.54, 1.807) is 0 Å². The van der Waals surface area contributed by atoms with Gasteiger partial charge in [-0.05, 0) is 61.4 Å². The van der Waals surface area contributed by atoms with Gasteiger partial charge >= 0.3 is 6.18 Å². The molecule has 1 aromatic heterocycles. The number of halogens is 4. The number of carbonyl (C=O) groups is 1. The number of primary amides is 1. The molecule has 1 aromatic carbocycles. The summed E-state index contributed by atoms with van der Waals surface area (Å²) in [4.78, 5) is 15.8. The molecule has 0 fully saturated rings. The van der Waals surface area contributed by atoms with E-state index in [0.717, 1.165) is 12.1 Å². The van der Waals surface area contributed by atoms with Gasteiger partial charge in [0.1, 0.15) is 5.82 Å². The molecule has 3 rings (SSSR count). The predicted octanol–water partition coefficient (Wildman–Crippen LogP) is 3.89. The maximum Gasteiger partial charge on any atom is 0.417 e. The second kappa shape index (κ2) is 9.29. The molecule has 0 saturated carbocycles. The number of nitrogens with one attached hydrogen (secondary N) is 1. The Hall–Kier alpha value is -2.73. The van der Waals surface area contributed by atoms with Gasteiger partial charge in [-0.1, -0.05) is 19.9 Å².